The Morgan fingerprint density at radius 3 is 2.36 bits per heavy atom. The van der Waals surface area contributed by atoms with Crippen molar-refractivity contribution in [2.45, 2.75) is 6.42 Å². The number of hydrogen-bond acceptors (Lipinski definition) is 1. The highest BCUT2D eigenvalue weighted by Gasteiger charge is 1.96. The number of aromatic nitrogens is 1. The Balaban J connectivity index is 2.34. The van der Waals surface area contributed by atoms with Crippen molar-refractivity contribution >= 4 is 0 Å². The van der Waals surface area contributed by atoms with Gasteiger partial charge in [0, 0.05) is 11.8 Å². The molecule has 2 rings (SSSR count). The standard InChI is InChI=1S/C13H12N/c1-2-11-6-8-12(9-7-11)13-5-3-4-10-14-13/h3-10H,1-2H2. The summed E-state index contributed by atoms with van der Waals surface area (Å²) in [5.74, 6) is 0. The maximum Gasteiger partial charge on any atom is 0.0701 e. The van der Waals surface area contributed by atoms with Crippen LogP contribution in [0.2, 0.25) is 0 Å². The van der Waals surface area contributed by atoms with Gasteiger partial charge in [-0.25, -0.2) is 0 Å². The quantitative estimate of drug-likeness (QED) is 0.695. The van der Waals surface area contributed by atoms with Crippen molar-refractivity contribution in [3.63, 3.8) is 0 Å². The van der Waals surface area contributed by atoms with E-state index >= 15 is 0 Å². The number of hydrogen-bond donors (Lipinski definition) is 0. The lowest BCUT2D eigenvalue weighted by Crippen LogP contribution is -1.83. The van der Waals surface area contributed by atoms with Crippen molar-refractivity contribution in [1.82, 2.24) is 4.98 Å². The van der Waals surface area contributed by atoms with E-state index in [0.717, 1.165) is 17.7 Å². The summed E-state index contributed by atoms with van der Waals surface area (Å²) < 4.78 is 0. The molecule has 0 amide bonds. The average Bonchev–Trinajstić information content (AvgIpc) is 2.30. The highest BCUT2D eigenvalue weighted by atomic mass is 14.7. The molecule has 0 unspecified atom stereocenters. The van der Waals surface area contributed by atoms with Crippen LogP contribution in [-0.4, -0.2) is 4.98 Å². The third-order valence-electron chi connectivity index (χ3n) is 2.20. The van der Waals surface area contributed by atoms with E-state index in [4.69, 9.17) is 0 Å². The molecule has 1 nitrogen and oxygen atoms in total. The molecule has 69 valence electrons. The zero-order valence-corrected chi connectivity index (χ0v) is 7.98. The highest BCUT2D eigenvalue weighted by molar-refractivity contribution is 5.58. The molecule has 0 aliphatic rings. The molecule has 1 radical (unpaired) electrons. The molecule has 1 heteroatoms. The van der Waals surface area contributed by atoms with Crippen LogP contribution in [-0.2, 0) is 6.42 Å². The lowest BCUT2D eigenvalue weighted by Gasteiger charge is -2.01. The molecule has 1 aromatic carbocycles. The number of benzene rings is 1. The van der Waals surface area contributed by atoms with E-state index in [1.54, 1.807) is 0 Å². The van der Waals surface area contributed by atoms with E-state index in [1.807, 2.05) is 24.4 Å². The van der Waals surface area contributed by atoms with Gasteiger partial charge in [-0.05, 0) is 31.0 Å². The number of pyridine rings is 1. The topological polar surface area (TPSA) is 12.9 Å². The second-order valence-electron chi connectivity index (χ2n) is 3.16. The van der Waals surface area contributed by atoms with Crippen molar-refractivity contribution in [1.29, 1.82) is 0 Å². The Hall–Kier alpha value is -1.63. The van der Waals surface area contributed by atoms with Gasteiger partial charge in [0.2, 0.25) is 0 Å². The first-order valence-corrected chi connectivity index (χ1v) is 4.70. The Morgan fingerprint density at radius 2 is 1.79 bits per heavy atom. The Labute approximate surface area is 84.4 Å². The van der Waals surface area contributed by atoms with Gasteiger partial charge in [0.25, 0.3) is 0 Å². The summed E-state index contributed by atoms with van der Waals surface area (Å²) in [5.41, 5.74) is 3.43. The van der Waals surface area contributed by atoms with Crippen LogP contribution in [0.3, 0.4) is 0 Å². The van der Waals surface area contributed by atoms with Crippen molar-refractivity contribution in [3.8, 4) is 11.3 Å². The Kier molecular flexibility index (Phi) is 2.59. The summed E-state index contributed by atoms with van der Waals surface area (Å²) >= 11 is 0. The molecule has 0 bridgehead atoms. The largest absolute Gasteiger partial charge is 0.256 e. The first kappa shape index (κ1) is 8.95. The van der Waals surface area contributed by atoms with Gasteiger partial charge in [-0.15, -0.1) is 0 Å². The molecule has 0 saturated carbocycles. The van der Waals surface area contributed by atoms with E-state index in [-0.39, 0.29) is 0 Å². The SMILES string of the molecule is [CH2]Cc1ccc(-c2ccccn2)cc1. The van der Waals surface area contributed by atoms with Gasteiger partial charge in [-0.3, -0.25) is 4.98 Å². The molecular weight excluding hydrogens is 170 g/mol. The molecule has 0 N–H and O–H groups in total. The number of rotatable bonds is 2. The highest BCUT2D eigenvalue weighted by Crippen LogP contribution is 2.16. The predicted molar refractivity (Wildman–Crippen MR) is 58.7 cm³/mol. The normalized spacial score (nSPS) is 10.1. The molecular formula is C13H12N. The molecule has 1 aromatic heterocycles. The van der Waals surface area contributed by atoms with E-state index in [2.05, 4.69) is 36.2 Å². The van der Waals surface area contributed by atoms with Gasteiger partial charge in [0.05, 0.1) is 5.69 Å². The Morgan fingerprint density at radius 1 is 1.00 bits per heavy atom. The molecule has 0 spiro atoms. The van der Waals surface area contributed by atoms with E-state index < -0.39 is 0 Å². The predicted octanol–water partition coefficient (Wildman–Crippen LogP) is 3.13. The minimum atomic E-state index is 0.836. The Bertz CT molecular complexity index is 389. The minimum Gasteiger partial charge on any atom is -0.256 e. The molecule has 0 saturated heterocycles. The average molecular weight is 182 g/mol. The fourth-order valence-electron chi connectivity index (χ4n) is 1.38. The van der Waals surface area contributed by atoms with Crippen LogP contribution in [0, 0.1) is 6.92 Å². The van der Waals surface area contributed by atoms with Gasteiger partial charge in [0.1, 0.15) is 0 Å². The van der Waals surface area contributed by atoms with Crippen LogP contribution in [0.4, 0.5) is 0 Å². The van der Waals surface area contributed by atoms with Crippen LogP contribution < -0.4 is 0 Å². The first-order chi connectivity index (χ1) is 6.90. The third kappa shape index (κ3) is 1.82. The summed E-state index contributed by atoms with van der Waals surface area (Å²) in [6.45, 7) is 3.84. The molecule has 0 aliphatic heterocycles. The lowest BCUT2D eigenvalue weighted by atomic mass is 10.1. The second kappa shape index (κ2) is 4.05. The molecule has 0 aliphatic carbocycles. The number of nitrogens with zero attached hydrogens (tertiary/aromatic N) is 1. The summed E-state index contributed by atoms with van der Waals surface area (Å²) in [7, 11) is 0. The first-order valence-electron chi connectivity index (χ1n) is 4.70. The van der Waals surface area contributed by atoms with Crippen LogP contribution >= 0.6 is 0 Å². The fourth-order valence-corrected chi connectivity index (χ4v) is 1.38. The van der Waals surface area contributed by atoms with E-state index in [0.29, 0.717) is 0 Å². The zero-order valence-electron chi connectivity index (χ0n) is 7.98. The van der Waals surface area contributed by atoms with Gasteiger partial charge >= 0.3 is 0 Å². The van der Waals surface area contributed by atoms with E-state index in [1.165, 1.54) is 5.56 Å². The summed E-state index contributed by atoms with van der Waals surface area (Å²) in [4.78, 5) is 4.29. The summed E-state index contributed by atoms with van der Waals surface area (Å²) in [6, 6.07) is 14.3. The van der Waals surface area contributed by atoms with Crippen molar-refractivity contribution in [3.05, 3.63) is 61.1 Å². The zero-order chi connectivity index (χ0) is 9.80. The molecule has 14 heavy (non-hydrogen) atoms. The van der Waals surface area contributed by atoms with Crippen molar-refractivity contribution in [2.24, 2.45) is 0 Å². The molecule has 0 fully saturated rings. The maximum absolute atomic E-state index is 4.29. The van der Waals surface area contributed by atoms with Crippen molar-refractivity contribution in [2.75, 3.05) is 0 Å². The van der Waals surface area contributed by atoms with Crippen LogP contribution in [0.15, 0.2) is 48.7 Å². The second-order valence-corrected chi connectivity index (χ2v) is 3.16. The van der Waals surface area contributed by atoms with E-state index in [9.17, 15) is 0 Å². The minimum absolute atomic E-state index is 0.836. The van der Waals surface area contributed by atoms with Gasteiger partial charge in [-0.2, -0.15) is 0 Å². The van der Waals surface area contributed by atoms with Crippen LogP contribution in [0.1, 0.15) is 5.56 Å². The van der Waals surface area contributed by atoms with Gasteiger partial charge < -0.3 is 0 Å². The fraction of sp³-hybridized carbons (Fsp3) is 0.0769. The van der Waals surface area contributed by atoms with Crippen LogP contribution in [0.5, 0.6) is 0 Å². The monoisotopic (exact) mass is 182 g/mol. The smallest absolute Gasteiger partial charge is 0.0701 e. The maximum atomic E-state index is 4.29. The van der Waals surface area contributed by atoms with Gasteiger partial charge in [-0.1, -0.05) is 30.3 Å². The summed E-state index contributed by atoms with van der Waals surface area (Å²) in [6.07, 6.45) is 2.65. The van der Waals surface area contributed by atoms with Crippen LogP contribution in [0.25, 0.3) is 11.3 Å². The van der Waals surface area contributed by atoms with Crippen molar-refractivity contribution < 1.29 is 0 Å². The molecule has 2 aromatic rings. The third-order valence-corrected chi connectivity index (χ3v) is 2.20. The molecule has 0 atom stereocenters. The van der Waals surface area contributed by atoms with Gasteiger partial charge in [0.15, 0.2) is 0 Å². The molecule has 1 heterocycles. The summed E-state index contributed by atoms with van der Waals surface area (Å²) in [5, 5.41) is 0. The lowest BCUT2D eigenvalue weighted by molar-refractivity contribution is 1.26.